The Morgan fingerprint density at radius 3 is 2.30 bits per heavy atom. The van der Waals surface area contributed by atoms with Gasteiger partial charge in [-0.05, 0) is 57.3 Å². The van der Waals surface area contributed by atoms with E-state index in [2.05, 4.69) is 12.2 Å². The van der Waals surface area contributed by atoms with Gasteiger partial charge in [-0.15, -0.1) is 0 Å². The number of aliphatic hydroxyl groups is 1. The lowest BCUT2D eigenvalue weighted by molar-refractivity contribution is -0.146. The highest BCUT2D eigenvalue weighted by Crippen LogP contribution is 2.28. The summed E-state index contributed by atoms with van der Waals surface area (Å²) >= 11 is 0. The van der Waals surface area contributed by atoms with Crippen molar-refractivity contribution in [3.63, 3.8) is 0 Å². The zero-order valence-electron chi connectivity index (χ0n) is 17.7. The van der Waals surface area contributed by atoms with Crippen molar-refractivity contribution in [1.29, 1.82) is 0 Å². The maximum Gasteiger partial charge on any atom is 0.307 e. The smallest absolute Gasteiger partial charge is 0.307 e. The summed E-state index contributed by atoms with van der Waals surface area (Å²) in [5.41, 5.74) is 0. The Hall–Kier alpha value is -0.980. The summed E-state index contributed by atoms with van der Waals surface area (Å²) in [5.74, 6) is 0.497. The number of methoxy groups -OCH3 is 1. The van der Waals surface area contributed by atoms with E-state index in [1.54, 1.807) is 7.11 Å². The molecule has 0 aliphatic heterocycles. The number of esters is 1. The summed E-state index contributed by atoms with van der Waals surface area (Å²) in [6.45, 7) is 7.78. The Bertz CT molecular complexity index is 366. The number of hydrogen-bond acceptors (Lipinski definition) is 6. The molecule has 0 bridgehead atoms. The lowest BCUT2D eigenvalue weighted by Crippen LogP contribution is -2.39. The van der Waals surface area contributed by atoms with E-state index in [1.165, 1.54) is 12.8 Å². The molecule has 2 atom stereocenters. The largest absolute Gasteiger partial charge is 0.465 e. The van der Waals surface area contributed by atoms with Crippen molar-refractivity contribution in [2.24, 2.45) is 11.8 Å². The summed E-state index contributed by atoms with van der Waals surface area (Å²) in [7, 11) is 1.73. The van der Waals surface area contributed by atoms with Crippen LogP contribution in [0.2, 0.25) is 0 Å². The third kappa shape index (κ3) is 13.8. The van der Waals surface area contributed by atoms with Gasteiger partial charge in [0, 0.05) is 26.4 Å². The number of rotatable bonds is 12. The zero-order chi connectivity index (χ0) is 20.5. The molecule has 0 aromatic carbocycles. The van der Waals surface area contributed by atoms with Crippen LogP contribution in [0.25, 0.3) is 0 Å². The van der Waals surface area contributed by atoms with Crippen molar-refractivity contribution < 1.29 is 24.2 Å². The van der Waals surface area contributed by atoms with Gasteiger partial charge in [-0.25, -0.2) is 0 Å². The Labute approximate surface area is 165 Å². The van der Waals surface area contributed by atoms with Gasteiger partial charge in [0.05, 0.1) is 19.1 Å². The van der Waals surface area contributed by atoms with Crippen molar-refractivity contribution >= 4 is 12.3 Å². The highest BCUT2D eigenvalue weighted by atomic mass is 16.5. The molecule has 1 rings (SSSR count). The molecule has 0 radical (unpaired) electrons. The first kappa shape index (κ1) is 26.0. The molecule has 1 saturated carbocycles. The zero-order valence-corrected chi connectivity index (χ0v) is 17.7. The van der Waals surface area contributed by atoms with Gasteiger partial charge in [-0.1, -0.05) is 20.3 Å². The SMILES string of the molecule is CCC(C)NC(C=O)CC(=O)OCC1CCC(CO)CC1.CCCCOC. The van der Waals surface area contributed by atoms with Crippen LogP contribution in [0.15, 0.2) is 0 Å². The molecular weight excluding hydrogens is 346 g/mol. The van der Waals surface area contributed by atoms with Crippen LogP contribution in [0.1, 0.15) is 72.1 Å². The van der Waals surface area contributed by atoms with Crippen LogP contribution in [0.4, 0.5) is 0 Å². The van der Waals surface area contributed by atoms with Gasteiger partial charge >= 0.3 is 5.97 Å². The van der Waals surface area contributed by atoms with Gasteiger partial charge in [-0.3, -0.25) is 4.79 Å². The molecule has 0 spiro atoms. The minimum absolute atomic E-state index is 0.0970. The van der Waals surface area contributed by atoms with E-state index >= 15 is 0 Å². The summed E-state index contributed by atoms with van der Waals surface area (Å²) in [4.78, 5) is 22.8. The van der Waals surface area contributed by atoms with Crippen molar-refractivity contribution in [2.75, 3.05) is 26.9 Å². The molecule has 2 N–H and O–H groups in total. The third-order valence-electron chi connectivity index (χ3n) is 5.07. The number of aldehydes is 1. The van der Waals surface area contributed by atoms with E-state index in [0.29, 0.717) is 18.4 Å². The molecule has 1 aliphatic rings. The van der Waals surface area contributed by atoms with Gasteiger partial charge in [0.15, 0.2) is 0 Å². The molecular formula is C21H41NO5. The number of hydrogen-bond donors (Lipinski definition) is 2. The van der Waals surface area contributed by atoms with Crippen LogP contribution in [0.3, 0.4) is 0 Å². The Balaban J connectivity index is 0.000000972. The molecule has 6 nitrogen and oxygen atoms in total. The monoisotopic (exact) mass is 387 g/mol. The van der Waals surface area contributed by atoms with E-state index in [0.717, 1.165) is 45.0 Å². The van der Waals surface area contributed by atoms with E-state index in [1.807, 2.05) is 13.8 Å². The number of unbranched alkanes of at least 4 members (excludes halogenated alkanes) is 1. The van der Waals surface area contributed by atoms with Crippen LogP contribution >= 0.6 is 0 Å². The van der Waals surface area contributed by atoms with E-state index in [4.69, 9.17) is 14.6 Å². The predicted molar refractivity (Wildman–Crippen MR) is 108 cm³/mol. The Kier molecular flexibility index (Phi) is 16.5. The molecule has 160 valence electrons. The van der Waals surface area contributed by atoms with Crippen LogP contribution in [-0.2, 0) is 19.1 Å². The van der Waals surface area contributed by atoms with E-state index in [-0.39, 0.29) is 25.0 Å². The molecule has 0 heterocycles. The summed E-state index contributed by atoms with van der Waals surface area (Å²) < 4.78 is 10.1. The minimum atomic E-state index is -0.461. The normalized spacial score (nSPS) is 21.5. The third-order valence-corrected chi connectivity index (χ3v) is 5.07. The molecule has 1 fully saturated rings. The van der Waals surface area contributed by atoms with Crippen molar-refractivity contribution in [2.45, 2.75) is 84.2 Å². The summed E-state index contributed by atoms with van der Waals surface area (Å²) in [6.07, 6.45) is 8.22. The molecule has 0 amide bonds. The molecule has 2 unspecified atom stereocenters. The Morgan fingerprint density at radius 1 is 1.22 bits per heavy atom. The van der Waals surface area contributed by atoms with Crippen LogP contribution in [-0.4, -0.2) is 56.4 Å². The fraction of sp³-hybridized carbons (Fsp3) is 0.905. The minimum Gasteiger partial charge on any atom is -0.465 e. The number of aliphatic hydroxyl groups excluding tert-OH is 1. The van der Waals surface area contributed by atoms with E-state index < -0.39 is 6.04 Å². The second-order valence-corrected chi connectivity index (χ2v) is 7.52. The maximum atomic E-state index is 11.8. The highest BCUT2D eigenvalue weighted by Gasteiger charge is 2.22. The van der Waals surface area contributed by atoms with Crippen LogP contribution in [0, 0.1) is 11.8 Å². The molecule has 27 heavy (non-hydrogen) atoms. The highest BCUT2D eigenvalue weighted by molar-refractivity contribution is 5.75. The second-order valence-electron chi connectivity index (χ2n) is 7.52. The average Bonchev–Trinajstić information content (AvgIpc) is 2.70. The lowest BCUT2D eigenvalue weighted by Gasteiger charge is -2.27. The van der Waals surface area contributed by atoms with Gasteiger partial charge in [-0.2, -0.15) is 0 Å². The van der Waals surface area contributed by atoms with Crippen molar-refractivity contribution in [3.8, 4) is 0 Å². The van der Waals surface area contributed by atoms with Gasteiger partial charge in [0.1, 0.15) is 6.29 Å². The summed E-state index contributed by atoms with van der Waals surface area (Å²) in [6, 6.07) is -0.251. The number of nitrogens with one attached hydrogen (secondary N) is 1. The predicted octanol–water partition coefficient (Wildman–Crippen LogP) is 3.11. The first-order valence-corrected chi connectivity index (χ1v) is 10.5. The quantitative estimate of drug-likeness (QED) is 0.304. The first-order valence-electron chi connectivity index (χ1n) is 10.5. The molecule has 0 aromatic rings. The van der Waals surface area contributed by atoms with Crippen LogP contribution < -0.4 is 5.32 Å². The number of ether oxygens (including phenoxy) is 2. The van der Waals surface area contributed by atoms with Crippen LogP contribution in [0.5, 0.6) is 0 Å². The topological polar surface area (TPSA) is 84.9 Å². The maximum absolute atomic E-state index is 11.8. The standard InChI is InChI=1S/C16H29NO4.C5H12O/c1-3-12(2)17-15(10-19)8-16(20)21-11-14-6-4-13(9-18)5-7-14;1-3-4-5-6-2/h10,12-15,17-18H,3-9,11H2,1-2H3;3-5H2,1-2H3. The van der Waals surface area contributed by atoms with Gasteiger partial charge < -0.3 is 24.7 Å². The first-order chi connectivity index (χ1) is 13.0. The van der Waals surface area contributed by atoms with Crippen molar-refractivity contribution in [1.82, 2.24) is 5.32 Å². The fourth-order valence-electron chi connectivity index (χ4n) is 2.95. The van der Waals surface area contributed by atoms with E-state index in [9.17, 15) is 9.59 Å². The van der Waals surface area contributed by atoms with Gasteiger partial charge in [0.25, 0.3) is 0 Å². The fourth-order valence-corrected chi connectivity index (χ4v) is 2.95. The summed E-state index contributed by atoms with van der Waals surface area (Å²) in [5, 5.41) is 12.2. The molecule has 6 heteroatoms. The average molecular weight is 388 g/mol. The lowest BCUT2D eigenvalue weighted by atomic mass is 9.83. The molecule has 0 aromatic heterocycles. The Morgan fingerprint density at radius 2 is 1.85 bits per heavy atom. The molecule has 0 saturated heterocycles. The number of carbonyl (C=O) groups excluding carboxylic acids is 2. The molecule has 1 aliphatic carbocycles. The van der Waals surface area contributed by atoms with Gasteiger partial charge in [0.2, 0.25) is 0 Å². The second kappa shape index (κ2) is 17.1. The van der Waals surface area contributed by atoms with Crippen molar-refractivity contribution in [3.05, 3.63) is 0 Å². The number of carbonyl (C=O) groups is 2.